The lowest BCUT2D eigenvalue weighted by molar-refractivity contribution is -0.115. The highest BCUT2D eigenvalue weighted by atomic mass is 32.1. The van der Waals surface area contributed by atoms with Gasteiger partial charge in [0.05, 0.1) is 18.4 Å². The van der Waals surface area contributed by atoms with E-state index in [0.29, 0.717) is 23.5 Å². The Kier molecular flexibility index (Phi) is 8.73. The van der Waals surface area contributed by atoms with Gasteiger partial charge in [0.1, 0.15) is 5.75 Å². The minimum Gasteiger partial charge on any atom is -0.496 e. The van der Waals surface area contributed by atoms with Gasteiger partial charge in [-0.05, 0) is 48.5 Å². The molecule has 6 nitrogen and oxygen atoms in total. The molecule has 0 saturated carbocycles. The molecule has 168 valence electrons. The van der Waals surface area contributed by atoms with Crippen molar-refractivity contribution in [3.8, 4) is 5.75 Å². The summed E-state index contributed by atoms with van der Waals surface area (Å²) in [7, 11) is 1.57. The van der Waals surface area contributed by atoms with Crippen LogP contribution in [-0.2, 0) is 11.2 Å². The number of ether oxygens (including phenoxy) is 1. The highest BCUT2D eigenvalue weighted by Crippen LogP contribution is 2.18. The van der Waals surface area contributed by atoms with Crippen LogP contribution >= 0.6 is 12.2 Å². The first-order valence-corrected chi connectivity index (χ1v) is 10.8. The van der Waals surface area contributed by atoms with E-state index in [-0.39, 0.29) is 11.0 Å². The number of para-hydroxylation sites is 2. The molecular weight excluding hydrogens is 434 g/mol. The Morgan fingerprint density at radius 2 is 1.64 bits per heavy atom. The van der Waals surface area contributed by atoms with E-state index in [4.69, 9.17) is 17.0 Å². The van der Waals surface area contributed by atoms with Gasteiger partial charge in [-0.25, -0.2) is 0 Å². The number of hydrogen-bond donors (Lipinski definition) is 3. The average Bonchev–Trinajstić information content (AvgIpc) is 2.83. The van der Waals surface area contributed by atoms with Crippen LogP contribution < -0.4 is 20.7 Å². The molecule has 0 aromatic heterocycles. The Bertz CT molecular complexity index is 1150. The second kappa shape index (κ2) is 12.2. The minimum absolute atomic E-state index is 0.0919. The number of carbonyl (C=O) groups excluding carboxylic acids is 2. The topological polar surface area (TPSA) is 79.5 Å². The molecule has 0 atom stereocenters. The van der Waals surface area contributed by atoms with E-state index in [9.17, 15) is 9.59 Å². The fourth-order valence-electron chi connectivity index (χ4n) is 3.13. The lowest BCUT2D eigenvalue weighted by atomic mass is 10.1. The second-order valence-corrected chi connectivity index (χ2v) is 7.46. The van der Waals surface area contributed by atoms with E-state index < -0.39 is 5.91 Å². The van der Waals surface area contributed by atoms with E-state index in [1.165, 1.54) is 6.08 Å². The lowest BCUT2D eigenvalue weighted by Gasteiger charge is -2.13. The molecule has 0 spiro atoms. The van der Waals surface area contributed by atoms with Crippen LogP contribution in [0.4, 0.5) is 5.69 Å². The van der Waals surface area contributed by atoms with Crippen LogP contribution in [0.2, 0.25) is 0 Å². The molecule has 3 aromatic carbocycles. The molecule has 0 aliphatic carbocycles. The Balaban J connectivity index is 1.55. The highest BCUT2D eigenvalue weighted by molar-refractivity contribution is 7.80. The van der Waals surface area contributed by atoms with Crippen molar-refractivity contribution < 1.29 is 14.3 Å². The third-order valence-electron chi connectivity index (χ3n) is 4.75. The van der Waals surface area contributed by atoms with Crippen molar-refractivity contribution in [1.82, 2.24) is 10.6 Å². The third-order valence-corrected chi connectivity index (χ3v) is 4.96. The van der Waals surface area contributed by atoms with Gasteiger partial charge in [-0.2, -0.15) is 0 Å². The molecule has 0 aliphatic rings. The Hall–Kier alpha value is -3.97. The zero-order valence-electron chi connectivity index (χ0n) is 18.2. The van der Waals surface area contributed by atoms with Gasteiger partial charge in [-0.15, -0.1) is 0 Å². The zero-order valence-corrected chi connectivity index (χ0v) is 19.0. The van der Waals surface area contributed by atoms with E-state index in [0.717, 1.165) is 17.5 Å². The van der Waals surface area contributed by atoms with Crippen molar-refractivity contribution >= 4 is 40.9 Å². The molecular formula is C26H25N3O3S. The van der Waals surface area contributed by atoms with E-state index in [2.05, 4.69) is 16.0 Å². The molecule has 3 N–H and O–H groups in total. The summed E-state index contributed by atoms with van der Waals surface area (Å²) >= 11 is 5.26. The molecule has 33 heavy (non-hydrogen) atoms. The predicted molar refractivity (Wildman–Crippen MR) is 135 cm³/mol. The number of carbonyl (C=O) groups is 2. The number of benzene rings is 3. The minimum atomic E-state index is -0.400. The van der Waals surface area contributed by atoms with Gasteiger partial charge >= 0.3 is 0 Å². The Morgan fingerprint density at radius 3 is 2.42 bits per heavy atom. The van der Waals surface area contributed by atoms with Gasteiger partial charge in [0.15, 0.2) is 5.11 Å². The van der Waals surface area contributed by atoms with Crippen LogP contribution in [0.1, 0.15) is 21.5 Å². The van der Waals surface area contributed by atoms with Gasteiger partial charge in [-0.3, -0.25) is 14.9 Å². The molecule has 0 unspecified atom stereocenters. The number of anilines is 1. The van der Waals surface area contributed by atoms with Gasteiger partial charge in [-0.1, -0.05) is 60.7 Å². The number of methoxy groups -OCH3 is 1. The predicted octanol–water partition coefficient (Wildman–Crippen LogP) is 4.19. The summed E-state index contributed by atoms with van der Waals surface area (Å²) in [5, 5.41) is 8.53. The largest absolute Gasteiger partial charge is 0.496 e. The van der Waals surface area contributed by atoms with Crippen molar-refractivity contribution in [1.29, 1.82) is 0 Å². The first kappa shape index (κ1) is 23.7. The number of hydrogen-bond acceptors (Lipinski definition) is 4. The van der Waals surface area contributed by atoms with Crippen molar-refractivity contribution in [2.24, 2.45) is 0 Å². The monoisotopic (exact) mass is 459 g/mol. The zero-order chi connectivity index (χ0) is 23.5. The Morgan fingerprint density at radius 1 is 0.939 bits per heavy atom. The molecule has 7 heteroatoms. The summed E-state index contributed by atoms with van der Waals surface area (Å²) < 4.78 is 5.27. The Labute approximate surface area is 198 Å². The van der Waals surface area contributed by atoms with Gasteiger partial charge in [0.25, 0.3) is 5.91 Å². The molecule has 0 heterocycles. The maximum Gasteiger partial charge on any atom is 0.253 e. The summed E-state index contributed by atoms with van der Waals surface area (Å²) in [5.41, 5.74) is 2.86. The number of rotatable bonds is 8. The average molecular weight is 460 g/mol. The quantitative estimate of drug-likeness (QED) is 0.348. The molecule has 0 radical (unpaired) electrons. The summed E-state index contributed by atoms with van der Waals surface area (Å²) in [6.45, 7) is 0.506. The van der Waals surface area contributed by atoms with Crippen molar-refractivity contribution in [3.05, 3.63) is 102 Å². The van der Waals surface area contributed by atoms with Crippen LogP contribution in [0.15, 0.2) is 84.9 Å². The second-order valence-electron chi connectivity index (χ2n) is 7.06. The van der Waals surface area contributed by atoms with Crippen molar-refractivity contribution in [2.75, 3.05) is 19.0 Å². The third kappa shape index (κ3) is 7.29. The van der Waals surface area contributed by atoms with Crippen LogP contribution in [0.5, 0.6) is 5.75 Å². The van der Waals surface area contributed by atoms with E-state index in [1.807, 2.05) is 54.6 Å². The standard InChI is InChI=1S/C26H25N3O3S/c1-32-23-14-8-5-11-20(23)15-16-24(30)29-26(33)28-22-13-7-6-12-21(22)25(31)27-18-17-19-9-3-2-4-10-19/h2-16H,17-18H2,1H3,(H,27,31)(H2,28,29,30,33). The smallest absolute Gasteiger partial charge is 0.253 e. The first-order chi connectivity index (χ1) is 16.1. The SMILES string of the molecule is COc1ccccc1C=CC(=O)NC(=S)Nc1ccccc1C(=O)NCCc1ccccc1. The fraction of sp³-hybridized carbons (Fsp3) is 0.115. The number of nitrogens with one attached hydrogen (secondary N) is 3. The van der Waals surface area contributed by atoms with Crippen LogP contribution in [0.25, 0.3) is 6.08 Å². The molecule has 3 aromatic rings. The molecule has 0 fully saturated rings. The first-order valence-electron chi connectivity index (χ1n) is 10.4. The maximum atomic E-state index is 12.7. The summed E-state index contributed by atoms with van der Waals surface area (Å²) in [6, 6.07) is 24.3. The molecule has 0 aliphatic heterocycles. The highest BCUT2D eigenvalue weighted by Gasteiger charge is 2.12. The van der Waals surface area contributed by atoms with Gasteiger partial charge in [0.2, 0.25) is 5.91 Å². The van der Waals surface area contributed by atoms with Crippen molar-refractivity contribution in [2.45, 2.75) is 6.42 Å². The fourth-order valence-corrected chi connectivity index (χ4v) is 3.34. The van der Waals surface area contributed by atoms with Crippen LogP contribution in [0, 0.1) is 0 Å². The normalized spacial score (nSPS) is 10.5. The van der Waals surface area contributed by atoms with Gasteiger partial charge in [0, 0.05) is 18.2 Å². The summed E-state index contributed by atoms with van der Waals surface area (Å²) in [5.74, 6) is 0.0388. The number of amides is 2. The molecule has 0 saturated heterocycles. The van der Waals surface area contributed by atoms with Crippen LogP contribution in [-0.4, -0.2) is 30.6 Å². The maximum absolute atomic E-state index is 12.7. The molecule has 0 bridgehead atoms. The summed E-state index contributed by atoms with van der Waals surface area (Å²) in [6.07, 6.45) is 3.74. The van der Waals surface area contributed by atoms with Gasteiger partial charge < -0.3 is 15.4 Å². The molecule has 3 rings (SSSR count). The van der Waals surface area contributed by atoms with E-state index >= 15 is 0 Å². The lowest BCUT2D eigenvalue weighted by Crippen LogP contribution is -2.34. The van der Waals surface area contributed by atoms with E-state index in [1.54, 1.807) is 37.5 Å². The van der Waals surface area contributed by atoms with Crippen LogP contribution in [0.3, 0.4) is 0 Å². The summed E-state index contributed by atoms with van der Waals surface area (Å²) in [4.78, 5) is 24.9. The molecule has 2 amide bonds. The van der Waals surface area contributed by atoms with Crippen molar-refractivity contribution in [3.63, 3.8) is 0 Å². The number of thiocarbonyl (C=S) groups is 1.